The molecule has 0 aliphatic rings. The number of thiazole rings is 1. The van der Waals surface area contributed by atoms with Crippen molar-refractivity contribution in [1.29, 1.82) is 0 Å². The number of para-hydroxylation sites is 2. The Morgan fingerprint density at radius 1 is 0.974 bits per heavy atom. The fourth-order valence-electron chi connectivity index (χ4n) is 4.11. The molecule has 3 aromatic carbocycles. The molecule has 198 valence electrons. The fraction of sp³-hybridized carbons (Fsp3) is 0.172. The second-order valence-corrected chi connectivity index (χ2v) is 9.41. The Kier molecular flexibility index (Phi) is 7.55. The van der Waals surface area contributed by atoms with Crippen LogP contribution >= 0.6 is 11.3 Å². The molecule has 0 spiro atoms. The van der Waals surface area contributed by atoms with Crippen LogP contribution in [-0.2, 0) is 9.53 Å². The molecule has 2 N–H and O–H groups in total. The highest BCUT2D eigenvalue weighted by molar-refractivity contribution is 7.14. The maximum atomic E-state index is 13.2. The van der Waals surface area contributed by atoms with Gasteiger partial charge in [0.25, 0.3) is 5.91 Å². The van der Waals surface area contributed by atoms with Gasteiger partial charge in [0.05, 0.1) is 36.5 Å². The summed E-state index contributed by atoms with van der Waals surface area (Å²) in [4.78, 5) is 38.6. The Morgan fingerprint density at radius 3 is 2.51 bits per heavy atom. The number of hydrogen-bond acceptors (Lipinski definition) is 8. The third kappa shape index (κ3) is 5.46. The minimum absolute atomic E-state index is 0.290. The van der Waals surface area contributed by atoms with E-state index in [0.29, 0.717) is 39.3 Å². The number of hydrogen-bond donors (Lipinski definition) is 2. The Morgan fingerprint density at radius 2 is 1.74 bits per heavy atom. The first kappa shape index (κ1) is 25.9. The highest BCUT2D eigenvalue weighted by Crippen LogP contribution is 2.33. The number of carbonyl (C=O) groups excluding carboxylic acids is 2. The lowest BCUT2D eigenvalue weighted by atomic mass is 10.1. The minimum Gasteiger partial charge on any atom is -0.493 e. The van der Waals surface area contributed by atoms with E-state index in [1.807, 2.05) is 47.8 Å². The van der Waals surface area contributed by atoms with Crippen molar-refractivity contribution in [1.82, 2.24) is 15.0 Å². The van der Waals surface area contributed by atoms with Gasteiger partial charge in [-0.2, -0.15) is 0 Å². The van der Waals surface area contributed by atoms with Gasteiger partial charge in [-0.25, -0.2) is 14.8 Å². The largest absolute Gasteiger partial charge is 0.493 e. The van der Waals surface area contributed by atoms with E-state index in [1.54, 1.807) is 45.4 Å². The molecule has 1 atom stereocenters. The topological polar surface area (TPSA) is 115 Å². The highest BCUT2D eigenvalue weighted by Gasteiger charge is 2.25. The molecule has 0 saturated heterocycles. The van der Waals surface area contributed by atoms with Crippen molar-refractivity contribution in [3.63, 3.8) is 0 Å². The maximum Gasteiger partial charge on any atom is 0.339 e. The number of amides is 1. The summed E-state index contributed by atoms with van der Waals surface area (Å²) in [5, 5.41) is 4.99. The van der Waals surface area contributed by atoms with Crippen LogP contribution in [0.25, 0.3) is 33.7 Å². The van der Waals surface area contributed by atoms with Crippen LogP contribution in [-0.4, -0.2) is 47.2 Å². The summed E-state index contributed by atoms with van der Waals surface area (Å²) in [7, 11) is 3.14. The Bertz CT molecular complexity index is 1610. The van der Waals surface area contributed by atoms with Crippen molar-refractivity contribution in [2.24, 2.45) is 0 Å². The molecule has 5 aromatic rings. The highest BCUT2D eigenvalue weighted by atomic mass is 32.1. The van der Waals surface area contributed by atoms with Crippen molar-refractivity contribution in [2.75, 3.05) is 19.5 Å². The second kappa shape index (κ2) is 11.4. The number of carbonyl (C=O) groups is 2. The maximum absolute atomic E-state index is 13.2. The van der Waals surface area contributed by atoms with Gasteiger partial charge in [0, 0.05) is 16.5 Å². The van der Waals surface area contributed by atoms with Gasteiger partial charge in [-0.15, -0.1) is 11.3 Å². The third-order valence-corrected chi connectivity index (χ3v) is 6.88. The molecule has 5 rings (SSSR count). The number of esters is 1. The molecule has 39 heavy (non-hydrogen) atoms. The van der Waals surface area contributed by atoms with Gasteiger partial charge in [0.2, 0.25) is 0 Å². The molecule has 9 nitrogen and oxygen atoms in total. The van der Waals surface area contributed by atoms with Gasteiger partial charge in [-0.3, -0.25) is 10.1 Å². The zero-order chi connectivity index (χ0) is 27.4. The molecule has 2 aromatic heterocycles. The van der Waals surface area contributed by atoms with Crippen LogP contribution in [0.2, 0.25) is 0 Å². The lowest BCUT2D eigenvalue weighted by Gasteiger charge is -2.16. The van der Waals surface area contributed by atoms with Crippen molar-refractivity contribution in [3.8, 4) is 34.1 Å². The minimum atomic E-state index is -1.00. The molecule has 1 amide bonds. The van der Waals surface area contributed by atoms with Gasteiger partial charge in [0.1, 0.15) is 5.82 Å². The summed E-state index contributed by atoms with van der Waals surface area (Å²) in [6, 6.07) is 20.1. The van der Waals surface area contributed by atoms with Gasteiger partial charge >= 0.3 is 5.97 Å². The number of nitrogens with one attached hydrogen (secondary N) is 2. The zero-order valence-corrected chi connectivity index (χ0v) is 22.4. The standard InChI is InChI=1S/C29H26N4O5S/c1-4-23(27(34)33-29-32-22(16-39-29)17-13-14-24(36-2)25(15-17)37-3)38-28(35)19-10-6-5-9-18(19)26-30-20-11-7-8-12-21(20)31-26/h5-16,23H,4H2,1-3H3,(H,30,31)(H,32,33,34). The van der Waals surface area contributed by atoms with Crippen LogP contribution in [0.15, 0.2) is 72.1 Å². The van der Waals surface area contributed by atoms with Crippen molar-refractivity contribution < 1.29 is 23.8 Å². The fourth-order valence-corrected chi connectivity index (χ4v) is 4.83. The SMILES string of the molecule is CCC(OC(=O)c1ccccc1-c1nc2ccccc2[nH]1)C(=O)Nc1nc(-c2ccc(OC)c(OC)c2)cs1. The van der Waals surface area contributed by atoms with Crippen LogP contribution < -0.4 is 14.8 Å². The summed E-state index contributed by atoms with van der Waals surface area (Å²) in [6.45, 7) is 1.78. The molecule has 0 bridgehead atoms. The summed E-state index contributed by atoms with van der Waals surface area (Å²) in [6.07, 6.45) is -0.715. The molecule has 0 aliphatic heterocycles. The first-order valence-electron chi connectivity index (χ1n) is 12.2. The number of rotatable bonds is 9. The third-order valence-electron chi connectivity index (χ3n) is 6.12. The normalized spacial score (nSPS) is 11.7. The van der Waals surface area contributed by atoms with E-state index in [9.17, 15) is 9.59 Å². The second-order valence-electron chi connectivity index (χ2n) is 8.55. The summed E-state index contributed by atoms with van der Waals surface area (Å²) in [5.41, 5.74) is 4.03. The average molecular weight is 543 g/mol. The molecule has 10 heteroatoms. The first-order valence-corrected chi connectivity index (χ1v) is 13.1. The van der Waals surface area contributed by atoms with Gasteiger partial charge in [-0.1, -0.05) is 37.3 Å². The van der Waals surface area contributed by atoms with Crippen LogP contribution in [0.1, 0.15) is 23.7 Å². The number of aromatic amines is 1. The van der Waals surface area contributed by atoms with Crippen LogP contribution in [0.5, 0.6) is 11.5 Å². The predicted molar refractivity (Wildman–Crippen MR) is 150 cm³/mol. The van der Waals surface area contributed by atoms with E-state index in [-0.39, 0.29) is 6.42 Å². The van der Waals surface area contributed by atoms with E-state index in [0.717, 1.165) is 16.6 Å². The zero-order valence-electron chi connectivity index (χ0n) is 21.6. The molecular formula is C29H26N4O5S. The lowest BCUT2D eigenvalue weighted by Crippen LogP contribution is -2.32. The number of methoxy groups -OCH3 is 2. The number of H-pyrrole nitrogens is 1. The molecular weight excluding hydrogens is 516 g/mol. The van der Waals surface area contributed by atoms with Crippen LogP contribution in [0, 0.1) is 0 Å². The smallest absolute Gasteiger partial charge is 0.339 e. The van der Waals surface area contributed by atoms with E-state index in [1.165, 1.54) is 11.3 Å². The number of aromatic nitrogens is 3. The molecule has 2 heterocycles. The Balaban J connectivity index is 1.30. The van der Waals surface area contributed by atoms with Crippen LogP contribution in [0.4, 0.5) is 5.13 Å². The number of benzene rings is 3. The van der Waals surface area contributed by atoms with E-state index in [2.05, 4.69) is 20.3 Å². The summed E-state index contributed by atoms with van der Waals surface area (Å²) >= 11 is 1.27. The van der Waals surface area contributed by atoms with Crippen LogP contribution in [0.3, 0.4) is 0 Å². The number of ether oxygens (including phenoxy) is 3. The first-order chi connectivity index (χ1) is 19.0. The number of imidazole rings is 1. The average Bonchev–Trinajstić information content (AvgIpc) is 3.62. The van der Waals surface area contributed by atoms with Crippen molar-refractivity contribution >= 4 is 39.4 Å². The van der Waals surface area contributed by atoms with Gasteiger partial charge < -0.3 is 19.2 Å². The van der Waals surface area contributed by atoms with Gasteiger partial charge in [-0.05, 0) is 42.8 Å². The number of anilines is 1. The number of fused-ring (bicyclic) bond motifs is 1. The lowest BCUT2D eigenvalue weighted by molar-refractivity contribution is -0.124. The molecule has 0 fully saturated rings. The Hall–Kier alpha value is -4.70. The molecule has 0 saturated carbocycles. The quantitative estimate of drug-likeness (QED) is 0.221. The summed E-state index contributed by atoms with van der Waals surface area (Å²) in [5.74, 6) is 0.666. The molecule has 0 aliphatic carbocycles. The monoisotopic (exact) mass is 542 g/mol. The predicted octanol–water partition coefficient (Wildman–Crippen LogP) is 5.94. The molecule has 0 radical (unpaired) electrons. The van der Waals surface area contributed by atoms with Crippen molar-refractivity contribution in [2.45, 2.75) is 19.4 Å². The Labute approximate surface area is 228 Å². The summed E-state index contributed by atoms with van der Waals surface area (Å²) < 4.78 is 16.3. The van der Waals surface area contributed by atoms with Crippen molar-refractivity contribution in [3.05, 3.63) is 77.7 Å². The molecule has 1 unspecified atom stereocenters. The van der Waals surface area contributed by atoms with E-state index >= 15 is 0 Å². The number of nitrogens with zero attached hydrogens (tertiary/aromatic N) is 2. The van der Waals surface area contributed by atoms with E-state index < -0.39 is 18.0 Å². The van der Waals surface area contributed by atoms with Gasteiger partial charge in [0.15, 0.2) is 22.7 Å². The van der Waals surface area contributed by atoms with E-state index in [4.69, 9.17) is 14.2 Å².